The van der Waals surface area contributed by atoms with Gasteiger partial charge in [-0.2, -0.15) is 0 Å². The van der Waals surface area contributed by atoms with E-state index in [0.29, 0.717) is 47.7 Å². The van der Waals surface area contributed by atoms with E-state index in [0.717, 1.165) is 12.1 Å². The molecule has 8 rings (SSSR count). The smallest absolute Gasteiger partial charge is 0.461 e. The summed E-state index contributed by atoms with van der Waals surface area (Å²) in [6.45, 7) is 6.44. The quantitative estimate of drug-likeness (QED) is 0.0257. The number of ether oxygens (including phenoxy) is 4. The summed E-state index contributed by atoms with van der Waals surface area (Å²) in [4.78, 5) is 126. The average molecular weight is 1140 g/mol. The van der Waals surface area contributed by atoms with Crippen molar-refractivity contribution in [1.29, 1.82) is 0 Å². The Labute approximate surface area is 463 Å². The molecular weight excluding hydrogens is 1080 g/mol. The molecule has 4 heterocycles. The molecule has 1 spiro atoms. The second-order valence-electron chi connectivity index (χ2n) is 20.9. The van der Waals surface area contributed by atoms with Gasteiger partial charge in [0.1, 0.15) is 42.2 Å². The monoisotopic (exact) mass is 1140 g/mol. The van der Waals surface area contributed by atoms with Gasteiger partial charge in [-0.25, -0.2) is 18.1 Å². The summed E-state index contributed by atoms with van der Waals surface area (Å²) in [5, 5.41) is 9.24. The maximum Gasteiger partial charge on any atom is 0.524 e. The summed E-state index contributed by atoms with van der Waals surface area (Å²) in [6.07, 6.45) is 0.595. The minimum Gasteiger partial charge on any atom is -0.461 e. The molecule has 1 fully saturated rings. The van der Waals surface area contributed by atoms with Gasteiger partial charge >= 0.3 is 25.7 Å². The van der Waals surface area contributed by atoms with Crippen LogP contribution in [0.1, 0.15) is 120 Å². The molecule has 2 bridgehead atoms. The average Bonchev–Trinajstić information content (AvgIpc) is 2.91. The molecule has 1 saturated heterocycles. The maximum atomic E-state index is 14.7. The third-order valence-electron chi connectivity index (χ3n) is 14.2. The second kappa shape index (κ2) is 24.6. The predicted octanol–water partition coefficient (Wildman–Crippen LogP) is 6.70. The van der Waals surface area contributed by atoms with Gasteiger partial charge in [0.05, 0.1) is 31.0 Å². The van der Waals surface area contributed by atoms with E-state index in [1.54, 1.807) is 79.4 Å². The highest BCUT2D eigenvalue weighted by Crippen LogP contribution is 2.48. The van der Waals surface area contributed by atoms with Crippen LogP contribution >= 0.6 is 7.82 Å². The number of benzene rings is 4. The summed E-state index contributed by atoms with van der Waals surface area (Å²) in [5.74, 6) is -8.21. The van der Waals surface area contributed by atoms with Crippen LogP contribution in [0.4, 0.5) is 8.78 Å². The Bertz CT molecular complexity index is 3390. The number of carbonyl (C=O) groups excluding carboxylic acids is 6. The molecule has 0 radical (unpaired) electrons. The molecule has 1 aromatic heterocycles. The fourth-order valence-electron chi connectivity index (χ4n) is 10.3. The zero-order chi connectivity index (χ0) is 58.4. The second-order valence-corrected chi connectivity index (χ2v) is 22.0. The molecule has 3 aliphatic heterocycles. The number of oxime groups is 1. The number of phosphoric acid groups is 1. The molecule has 3 aliphatic rings. The van der Waals surface area contributed by atoms with Crippen molar-refractivity contribution in [3.05, 3.63) is 164 Å². The molecule has 0 saturated carbocycles. The van der Waals surface area contributed by atoms with Crippen molar-refractivity contribution in [2.75, 3.05) is 13.3 Å². The van der Waals surface area contributed by atoms with Crippen LogP contribution in [0.5, 0.6) is 11.5 Å². The lowest BCUT2D eigenvalue weighted by atomic mass is 9.77. The molecule has 21 nitrogen and oxygen atoms in total. The van der Waals surface area contributed by atoms with E-state index >= 15 is 0 Å². The molecule has 4 atom stereocenters. The van der Waals surface area contributed by atoms with Crippen molar-refractivity contribution in [3.8, 4) is 11.5 Å². The molecule has 24 heteroatoms. The van der Waals surface area contributed by atoms with Gasteiger partial charge in [-0.3, -0.25) is 38.6 Å². The van der Waals surface area contributed by atoms with Crippen LogP contribution in [0.15, 0.2) is 107 Å². The van der Waals surface area contributed by atoms with E-state index in [2.05, 4.69) is 15.8 Å². The molecule has 428 valence electrons. The Morgan fingerprint density at radius 1 is 0.901 bits per heavy atom. The normalized spacial score (nSPS) is 17.9. The van der Waals surface area contributed by atoms with Crippen LogP contribution in [0.25, 0.3) is 0 Å². The summed E-state index contributed by atoms with van der Waals surface area (Å²) in [7, 11) is -5.32. The summed E-state index contributed by atoms with van der Waals surface area (Å²) < 4.78 is 69.8. The van der Waals surface area contributed by atoms with Gasteiger partial charge in [-0.05, 0) is 68.0 Å². The van der Waals surface area contributed by atoms with Crippen molar-refractivity contribution >= 4 is 49.2 Å². The van der Waals surface area contributed by atoms with Crippen LogP contribution in [0, 0.1) is 18.6 Å². The van der Waals surface area contributed by atoms with Gasteiger partial charge in [0.25, 0.3) is 11.8 Å². The fourth-order valence-corrected chi connectivity index (χ4v) is 10.7. The lowest BCUT2D eigenvalue weighted by molar-refractivity contribution is -0.155. The van der Waals surface area contributed by atoms with Gasteiger partial charge in [-0.15, -0.1) is 0 Å². The molecule has 0 unspecified atom stereocenters. The molecular formula is C57H60F2N5O16P. The number of pyridine rings is 1. The van der Waals surface area contributed by atoms with Crippen molar-refractivity contribution in [2.45, 2.75) is 122 Å². The minimum absolute atomic E-state index is 0.0416. The van der Waals surface area contributed by atoms with Crippen molar-refractivity contribution in [2.24, 2.45) is 5.16 Å². The Balaban J connectivity index is 1.05. The van der Waals surface area contributed by atoms with Gasteiger partial charge in [-0.1, -0.05) is 91.8 Å². The number of esters is 3. The lowest BCUT2D eigenvalue weighted by Gasteiger charge is -2.42. The molecule has 3 amide bonds. The summed E-state index contributed by atoms with van der Waals surface area (Å²) in [6, 6.07) is 20.3. The molecule has 81 heavy (non-hydrogen) atoms. The van der Waals surface area contributed by atoms with Crippen molar-refractivity contribution in [3.63, 3.8) is 0 Å². The zero-order valence-corrected chi connectivity index (χ0v) is 45.8. The topological polar surface area (TPSA) is 277 Å². The van der Waals surface area contributed by atoms with Gasteiger partial charge in [0, 0.05) is 54.4 Å². The zero-order valence-electron chi connectivity index (χ0n) is 44.9. The number of carbonyl (C=O) groups is 6. The highest BCUT2D eigenvalue weighted by Gasteiger charge is 2.54. The number of halogens is 2. The molecule has 0 aliphatic carbocycles. The SMILES string of the molecule is CC1=NO[C@@]2(CC[C@H](C)N3C[C@H]2n2cc(C(=O)NCc4ccc(F)cc4F)c(=O)c(OCOC(=O)CC(C)(C)c4c(CC(=O)N[C@@H](CC(=O)OCc5ccccc5)C(=O)OCc5ccccc5)cc(C)cc4OP(=O)(O)O)c2C3=O)C1. The van der Waals surface area contributed by atoms with E-state index in [9.17, 15) is 56.7 Å². The maximum absolute atomic E-state index is 14.7. The van der Waals surface area contributed by atoms with Crippen molar-refractivity contribution < 1.29 is 80.2 Å². The first kappa shape index (κ1) is 58.9. The lowest BCUT2D eigenvalue weighted by Crippen LogP contribution is -2.52. The van der Waals surface area contributed by atoms with E-state index in [1.807, 2.05) is 6.92 Å². The fraction of sp³-hybridized carbons (Fsp3) is 0.368. The third-order valence-corrected chi connectivity index (χ3v) is 14.6. The third kappa shape index (κ3) is 14.2. The first-order valence-corrected chi connectivity index (χ1v) is 27.3. The standard InChI is InChI=1S/C57H60F2N5O16P/c1-33-20-39(22-46(65)61-43(55(71)76-31-37-14-10-7-11-15-37)24-47(66)75-30-36-12-8-6-9-13-36)49(44(21-33)79-81(72,73)74)56(4,5)26-48(67)77-32-78-52-50-54(70)63-29-45(57(19-18-35(63)3)25-34(2)62-80-57)64(50)28-41(51(52)68)53(69)60-27-38-16-17-40(58)23-42(38)59/h6-17,20-21,23,28,35,43,45H,18-19,22,24-27,29-32H2,1-5H3,(H,60,69)(H,61,65)(H2,72,73,74)/t35-,43-,45+,57-/m0/s1. The van der Waals surface area contributed by atoms with E-state index in [-0.39, 0.29) is 48.2 Å². The number of fused-ring (bicyclic) bond motifs is 5. The largest absolute Gasteiger partial charge is 0.524 e. The van der Waals surface area contributed by atoms with Crippen LogP contribution in [0.3, 0.4) is 0 Å². The highest BCUT2D eigenvalue weighted by atomic mass is 31.2. The number of nitrogens with zero attached hydrogens (tertiary/aromatic N) is 3. The molecule has 4 N–H and O–H groups in total. The molecule has 4 aromatic carbocycles. The number of phosphoric ester groups is 1. The van der Waals surface area contributed by atoms with Crippen molar-refractivity contribution in [1.82, 2.24) is 20.1 Å². The number of rotatable bonds is 21. The van der Waals surface area contributed by atoms with Gasteiger partial charge in [0.2, 0.25) is 23.9 Å². The number of aromatic nitrogens is 1. The van der Waals surface area contributed by atoms with E-state index < -0.39 is 133 Å². The Morgan fingerprint density at radius 2 is 1.58 bits per heavy atom. The van der Waals surface area contributed by atoms with E-state index in [4.69, 9.17) is 28.3 Å². The van der Waals surface area contributed by atoms with Crippen LogP contribution in [-0.2, 0) is 74.4 Å². The molecule has 5 aromatic rings. The Kier molecular flexibility index (Phi) is 17.9. The number of hydrogen-bond donors (Lipinski definition) is 4. The minimum atomic E-state index is -5.32. The van der Waals surface area contributed by atoms with E-state index in [1.165, 1.54) is 36.7 Å². The predicted molar refractivity (Wildman–Crippen MR) is 284 cm³/mol. The summed E-state index contributed by atoms with van der Waals surface area (Å²) in [5.41, 5.74) is -2.20. The number of nitrogens with one attached hydrogen (secondary N) is 2. The summed E-state index contributed by atoms with van der Waals surface area (Å²) >= 11 is 0. The van der Waals surface area contributed by atoms with Crippen LogP contribution in [0.2, 0.25) is 0 Å². The highest BCUT2D eigenvalue weighted by molar-refractivity contribution is 7.46. The number of hydrogen-bond acceptors (Lipinski definition) is 15. The van der Waals surface area contributed by atoms with Crippen LogP contribution < -0.4 is 25.3 Å². The number of aryl methyl sites for hydroxylation is 1. The number of amides is 3. The first-order chi connectivity index (χ1) is 38.4. The first-order valence-electron chi connectivity index (χ1n) is 25.8. The Morgan fingerprint density at radius 3 is 2.22 bits per heavy atom. The van der Waals surface area contributed by atoms with Gasteiger partial charge in [0.15, 0.2) is 11.3 Å². The van der Waals surface area contributed by atoms with Crippen LogP contribution in [-0.4, -0.2) is 91.6 Å². The Hall–Kier alpha value is -8.27. The van der Waals surface area contributed by atoms with Gasteiger partial charge < -0.3 is 48.4 Å².